The molecule has 3 N–H and O–H groups in total. The lowest BCUT2D eigenvalue weighted by Gasteiger charge is -2.31. The highest BCUT2D eigenvalue weighted by Gasteiger charge is 2.62. The molecule has 4 heterocycles. The smallest absolute Gasteiger partial charge is 0.459 e. The first-order chi connectivity index (χ1) is 24.3. The average molecular weight is 728 g/mol. The van der Waals surface area contributed by atoms with Crippen LogP contribution in [-0.4, -0.2) is 77.3 Å². The SMILES string of the molecule is CC(C)C(=O)O[C@H]1[C@H](c2ccc3c(N)ccnn23)O[C@](C#N)(CO[P@@](=O)(N[C@@H](C)C(=O)O[C@H]2CCOC2)Oc2ccccc2)[C@H]1OC(=O)C(C)C. The number of aromatic nitrogens is 2. The highest BCUT2D eigenvalue weighted by atomic mass is 31.2. The lowest BCUT2D eigenvalue weighted by Crippen LogP contribution is -2.50. The summed E-state index contributed by atoms with van der Waals surface area (Å²) in [5.41, 5.74) is 5.14. The lowest BCUT2D eigenvalue weighted by atomic mass is 9.95. The molecule has 7 atom stereocenters. The summed E-state index contributed by atoms with van der Waals surface area (Å²) in [7, 11) is -4.57. The van der Waals surface area contributed by atoms with Crippen LogP contribution in [-0.2, 0) is 47.2 Å². The molecule has 0 amide bonds. The second kappa shape index (κ2) is 15.8. The fourth-order valence-electron chi connectivity index (χ4n) is 5.40. The Morgan fingerprint density at radius 2 is 1.75 bits per heavy atom. The van der Waals surface area contributed by atoms with Gasteiger partial charge in [-0.1, -0.05) is 45.9 Å². The quantitative estimate of drug-likeness (QED) is 0.137. The van der Waals surface area contributed by atoms with E-state index < -0.39 is 80.2 Å². The summed E-state index contributed by atoms with van der Waals surface area (Å²) in [6, 6.07) is 13.7. The van der Waals surface area contributed by atoms with Gasteiger partial charge in [-0.3, -0.25) is 18.9 Å². The van der Waals surface area contributed by atoms with E-state index in [1.54, 1.807) is 64.1 Å². The van der Waals surface area contributed by atoms with E-state index in [1.807, 2.05) is 6.07 Å². The molecule has 274 valence electrons. The van der Waals surface area contributed by atoms with Gasteiger partial charge >= 0.3 is 25.7 Å². The number of nitrogens with one attached hydrogen (secondary N) is 1. The lowest BCUT2D eigenvalue weighted by molar-refractivity contribution is -0.173. The number of fused-ring (bicyclic) bond motifs is 1. The Kier molecular flexibility index (Phi) is 11.7. The number of nitrogens with two attached hydrogens (primary N) is 1. The Morgan fingerprint density at radius 3 is 2.39 bits per heavy atom. The molecule has 0 radical (unpaired) electrons. The van der Waals surface area contributed by atoms with Crippen LogP contribution in [0.15, 0.2) is 54.7 Å². The maximum atomic E-state index is 14.5. The molecule has 2 fully saturated rings. The first kappa shape index (κ1) is 37.7. The number of carbonyl (C=O) groups excluding carboxylic acids is 3. The van der Waals surface area contributed by atoms with Gasteiger partial charge in [0.15, 0.2) is 12.2 Å². The van der Waals surface area contributed by atoms with E-state index in [1.165, 1.54) is 29.8 Å². The number of esters is 3. The van der Waals surface area contributed by atoms with Gasteiger partial charge in [0.05, 0.1) is 41.9 Å². The summed E-state index contributed by atoms with van der Waals surface area (Å²) in [6.45, 7) is 7.65. The topological polar surface area (TPSA) is 212 Å². The average Bonchev–Trinajstić information content (AvgIpc) is 3.84. The summed E-state index contributed by atoms with van der Waals surface area (Å²) >= 11 is 0. The van der Waals surface area contributed by atoms with Crippen molar-refractivity contribution in [3.8, 4) is 11.8 Å². The van der Waals surface area contributed by atoms with Crippen molar-refractivity contribution >= 4 is 36.9 Å². The van der Waals surface area contributed by atoms with Gasteiger partial charge in [0.1, 0.15) is 36.7 Å². The zero-order valence-corrected chi connectivity index (χ0v) is 29.8. The molecule has 0 unspecified atom stereocenters. The molecular weight excluding hydrogens is 685 g/mol. The molecule has 5 rings (SSSR count). The van der Waals surface area contributed by atoms with Gasteiger partial charge in [0.2, 0.25) is 5.60 Å². The van der Waals surface area contributed by atoms with Gasteiger partial charge in [0, 0.05) is 12.6 Å². The number of benzene rings is 1. The largest absolute Gasteiger partial charge is 0.459 e. The van der Waals surface area contributed by atoms with E-state index >= 15 is 0 Å². The van der Waals surface area contributed by atoms with Crippen LogP contribution in [0.1, 0.15) is 52.8 Å². The van der Waals surface area contributed by atoms with Gasteiger partial charge < -0.3 is 33.9 Å². The summed E-state index contributed by atoms with van der Waals surface area (Å²) in [6.07, 6.45) is -2.78. The molecule has 2 aliphatic heterocycles. The van der Waals surface area contributed by atoms with E-state index in [-0.39, 0.29) is 12.4 Å². The summed E-state index contributed by atoms with van der Waals surface area (Å²) in [5, 5.41) is 17.8. The highest BCUT2D eigenvalue weighted by molar-refractivity contribution is 7.52. The van der Waals surface area contributed by atoms with Crippen LogP contribution in [0, 0.1) is 23.2 Å². The Labute approximate surface area is 295 Å². The van der Waals surface area contributed by atoms with Crippen molar-refractivity contribution in [2.45, 2.75) is 77.1 Å². The minimum Gasteiger partial charge on any atom is -0.459 e. The van der Waals surface area contributed by atoms with Crippen LogP contribution in [0.4, 0.5) is 5.69 Å². The van der Waals surface area contributed by atoms with E-state index in [4.69, 9.17) is 38.5 Å². The molecule has 2 aliphatic rings. The number of ether oxygens (including phenoxy) is 5. The highest BCUT2D eigenvalue weighted by Crippen LogP contribution is 2.50. The minimum absolute atomic E-state index is 0.115. The Balaban J connectivity index is 1.53. The van der Waals surface area contributed by atoms with Crippen molar-refractivity contribution in [3.63, 3.8) is 0 Å². The zero-order chi connectivity index (χ0) is 36.9. The molecule has 2 aromatic heterocycles. The van der Waals surface area contributed by atoms with Crippen molar-refractivity contribution in [1.82, 2.24) is 14.7 Å². The Morgan fingerprint density at radius 1 is 1.04 bits per heavy atom. The first-order valence-electron chi connectivity index (χ1n) is 16.5. The van der Waals surface area contributed by atoms with E-state index in [9.17, 15) is 24.2 Å². The normalized spacial score (nSPS) is 24.9. The number of carbonyl (C=O) groups is 3. The fourth-order valence-corrected chi connectivity index (χ4v) is 6.92. The third-order valence-electron chi connectivity index (χ3n) is 8.22. The molecule has 0 bridgehead atoms. The third kappa shape index (κ3) is 8.52. The molecule has 0 spiro atoms. The molecule has 1 aromatic carbocycles. The molecular formula is C34H42N5O11P. The van der Waals surface area contributed by atoms with Gasteiger partial charge in [-0.2, -0.15) is 15.4 Å². The number of nitrogens with zero attached hydrogens (tertiary/aromatic N) is 3. The predicted molar refractivity (Wildman–Crippen MR) is 180 cm³/mol. The summed E-state index contributed by atoms with van der Waals surface area (Å²) < 4.78 is 56.6. The van der Waals surface area contributed by atoms with Crippen molar-refractivity contribution in [3.05, 3.63) is 60.4 Å². The van der Waals surface area contributed by atoms with Gasteiger partial charge in [0.25, 0.3) is 0 Å². The molecule has 2 saturated heterocycles. The summed E-state index contributed by atoms with van der Waals surface area (Å²) in [5.74, 6) is -3.30. The standard InChI is InChI=1S/C34H42N5O11P/c1-20(2)31(40)47-29-28(27-12-11-26-25(36)13-15-37-39(26)27)49-34(18-35,30(29)48-32(41)21(3)4)19-45-51(43,50-23-9-7-6-8-10-23)38-22(5)33(42)46-24-14-16-44-17-24/h6-13,15,20-22,24,28-30H,14,16-17,19,36H2,1-5H3,(H,38,43)/t22-,24-,28-,29-,30-,34+,51-/m0/s1. The Hall–Kier alpha value is -4.52. The van der Waals surface area contributed by atoms with E-state index in [2.05, 4.69) is 10.2 Å². The van der Waals surface area contributed by atoms with Crippen LogP contribution in [0.5, 0.6) is 5.75 Å². The fraction of sp³-hybridized carbons (Fsp3) is 0.500. The molecule has 51 heavy (non-hydrogen) atoms. The van der Waals surface area contributed by atoms with Gasteiger partial charge in [-0.05, 0) is 37.3 Å². The van der Waals surface area contributed by atoms with Crippen molar-refractivity contribution < 1.29 is 51.7 Å². The monoisotopic (exact) mass is 727 g/mol. The van der Waals surface area contributed by atoms with Crippen LogP contribution >= 0.6 is 7.75 Å². The first-order valence-corrected chi connectivity index (χ1v) is 18.1. The molecule has 0 aliphatic carbocycles. The maximum Gasteiger partial charge on any atom is 0.459 e. The van der Waals surface area contributed by atoms with Gasteiger partial charge in [-0.15, -0.1) is 0 Å². The second-order valence-corrected chi connectivity index (χ2v) is 14.6. The number of nitrogen functional groups attached to an aromatic ring is 1. The number of anilines is 1. The third-order valence-corrected chi connectivity index (χ3v) is 9.85. The van der Waals surface area contributed by atoms with Gasteiger partial charge in [-0.25, -0.2) is 9.08 Å². The van der Waals surface area contributed by atoms with Crippen molar-refractivity contribution in [1.29, 1.82) is 5.26 Å². The van der Waals surface area contributed by atoms with Crippen molar-refractivity contribution in [2.75, 3.05) is 25.6 Å². The summed E-state index contributed by atoms with van der Waals surface area (Å²) in [4.78, 5) is 39.3. The molecule has 0 saturated carbocycles. The second-order valence-electron chi connectivity index (χ2n) is 12.9. The minimum atomic E-state index is -4.57. The van der Waals surface area contributed by atoms with Crippen LogP contribution in [0.3, 0.4) is 0 Å². The zero-order valence-electron chi connectivity index (χ0n) is 28.9. The number of hydrogen-bond donors (Lipinski definition) is 2. The van der Waals surface area contributed by atoms with E-state index in [0.717, 1.165) is 0 Å². The predicted octanol–water partition coefficient (Wildman–Crippen LogP) is 3.90. The van der Waals surface area contributed by atoms with Crippen LogP contribution < -0.4 is 15.3 Å². The van der Waals surface area contributed by atoms with Crippen LogP contribution in [0.2, 0.25) is 0 Å². The Bertz CT molecular complexity index is 1810. The number of nitriles is 1. The van der Waals surface area contributed by atoms with E-state index in [0.29, 0.717) is 29.9 Å². The number of rotatable bonds is 14. The molecule has 3 aromatic rings. The number of para-hydroxylation sites is 1. The van der Waals surface area contributed by atoms with Crippen molar-refractivity contribution in [2.24, 2.45) is 11.8 Å². The van der Waals surface area contributed by atoms with Crippen LogP contribution in [0.25, 0.3) is 5.52 Å². The maximum absolute atomic E-state index is 14.5. The number of hydrogen-bond acceptors (Lipinski definition) is 14. The molecule has 16 nitrogen and oxygen atoms in total. The molecule has 17 heteroatoms.